The summed E-state index contributed by atoms with van der Waals surface area (Å²) in [4.78, 5) is 23.9. The minimum absolute atomic E-state index is 0.0200. The lowest BCUT2D eigenvalue weighted by Crippen LogP contribution is -2.24. The molecule has 0 aliphatic heterocycles. The standard InChI is InChI=1S/C23H22N4O3S2/c1-2-21(22(28)24-17-11-13-19(14-12-17)27(29)30)32-20-10-6-9-18(15-20)26-23(31)25-16-7-4-3-5-8-16/h3-15,21H,2H2,1H3,(H,24,28)(H2,25,26,31). The largest absolute Gasteiger partial charge is 0.332 e. The molecule has 32 heavy (non-hydrogen) atoms. The van der Waals surface area contributed by atoms with E-state index in [0.717, 1.165) is 16.3 Å². The summed E-state index contributed by atoms with van der Waals surface area (Å²) < 4.78 is 0. The summed E-state index contributed by atoms with van der Waals surface area (Å²) in [7, 11) is 0. The molecule has 0 aromatic heterocycles. The lowest BCUT2D eigenvalue weighted by molar-refractivity contribution is -0.384. The lowest BCUT2D eigenvalue weighted by atomic mass is 10.2. The Morgan fingerprint density at radius 3 is 2.22 bits per heavy atom. The number of thioether (sulfide) groups is 1. The Labute approximate surface area is 195 Å². The minimum atomic E-state index is -0.474. The number of para-hydroxylation sites is 1. The highest BCUT2D eigenvalue weighted by Gasteiger charge is 2.19. The number of nitrogens with zero attached hydrogens (tertiary/aromatic N) is 1. The number of nitro groups is 1. The molecule has 0 aliphatic rings. The second kappa shape index (κ2) is 11.3. The zero-order valence-electron chi connectivity index (χ0n) is 17.3. The summed E-state index contributed by atoms with van der Waals surface area (Å²) in [5, 5.41) is 20.0. The van der Waals surface area contributed by atoms with Crippen LogP contribution in [0.15, 0.2) is 83.8 Å². The van der Waals surface area contributed by atoms with Gasteiger partial charge in [-0.15, -0.1) is 11.8 Å². The number of anilines is 3. The van der Waals surface area contributed by atoms with Crippen molar-refractivity contribution in [2.24, 2.45) is 0 Å². The van der Waals surface area contributed by atoms with Gasteiger partial charge in [-0.2, -0.15) is 0 Å². The number of carbonyl (C=O) groups is 1. The van der Waals surface area contributed by atoms with Crippen molar-refractivity contribution in [1.82, 2.24) is 0 Å². The summed E-state index contributed by atoms with van der Waals surface area (Å²) in [6, 6.07) is 23.1. The molecule has 1 amide bonds. The smallest absolute Gasteiger partial charge is 0.269 e. The lowest BCUT2D eigenvalue weighted by Gasteiger charge is -2.16. The van der Waals surface area contributed by atoms with Gasteiger partial charge in [0, 0.05) is 34.1 Å². The molecule has 3 N–H and O–H groups in total. The Morgan fingerprint density at radius 1 is 0.938 bits per heavy atom. The van der Waals surface area contributed by atoms with Crippen LogP contribution in [-0.2, 0) is 4.79 Å². The Bertz CT molecular complexity index is 1090. The maximum absolute atomic E-state index is 12.7. The van der Waals surface area contributed by atoms with Crippen LogP contribution in [0.2, 0.25) is 0 Å². The van der Waals surface area contributed by atoms with Gasteiger partial charge in [-0.3, -0.25) is 14.9 Å². The number of nitro benzene ring substituents is 1. The zero-order valence-corrected chi connectivity index (χ0v) is 18.9. The molecule has 0 saturated heterocycles. The van der Waals surface area contributed by atoms with Crippen LogP contribution in [0.1, 0.15) is 13.3 Å². The van der Waals surface area contributed by atoms with E-state index >= 15 is 0 Å². The predicted octanol–water partition coefficient (Wildman–Crippen LogP) is 5.91. The first-order valence-electron chi connectivity index (χ1n) is 9.89. The van der Waals surface area contributed by atoms with Gasteiger partial charge in [0.1, 0.15) is 0 Å². The van der Waals surface area contributed by atoms with Crippen molar-refractivity contribution >= 4 is 57.7 Å². The van der Waals surface area contributed by atoms with Crippen molar-refractivity contribution in [2.75, 3.05) is 16.0 Å². The summed E-state index contributed by atoms with van der Waals surface area (Å²) in [5.74, 6) is -0.161. The van der Waals surface area contributed by atoms with Crippen LogP contribution >= 0.6 is 24.0 Å². The van der Waals surface area contributed by atoms with Crippen LogP contribution in [0.3, 0.4) is 0 Å². The van der Waals surface area contributed by atoms with Crippen LogP contribution in [0.25, 0.3) is 0 Å². The van der Waals surface area contributed by atoms with E-state index in [1.54, 1.807) is 0 Å². The van der Waals surface area contributed by atoms with Gasteiger partial charge in [0.15, 0.2) is 5.11 Å². The third-order valence-corrected chi connectivity index (χ3v) is 5.97. The topological polar surface area (TPSA) is 96.3 Å². The average Bonchev–Trinajstić information content (AvgIpc) is 2.78. The number of benzene rings is 3. The number of non-ortho nitro benzene ring substituents is 1. The Hall–Kier alpha value is -3.43. The van der Waals surface area contributed by atoms with Gasteiger partial charge < -0.3 is 16.0 Å². The predicted molar refractivity (Wildman–Crippen MR) is 134 cm³/mol. The fourth-order valence-electron chi connectivity index (χ4n) is 2.84. The number of carbonyl (C=O) groups excluding carboxylic acids is 1. The van der Waals surface area contributed by atoms with Crippen molar-refractivity contribution in [3.8, 4) is 0 Å². The molecular weight excluding hydrogens is 444 g/mol. The monoisotopic (exact) mass is 466 g/mol. The van der Waals surface area contributed by atoms with Crippen LogP contribution in [0.4, 0.5) is 22.7 Å². The number of thiocarbonyl (C=S) groups is 1. The normalized spacial score (nSPS) is 11.3. The third-order valence-electron chi connectivity index (χ3n) is 4.41. The highest BCUT2D eigenvalue weighted by atomic mass is 32.2. The second-order valence-electron chi connectivity index (χ2n) is 6.78. The van der Waals surface area contributed by atoms with E-state index in [9.17, 15) is 14.9 Å². The third kappa shape index (κ3) is 6.79. The molecule has 0 fully saturated rings. The number of hydrogen-bond donors (Lipinski definition) is 3. The van der Waals surface area contributed by atoms with Gasteiger partial charge in [-0.1, -0.05) is 31.2 Å². The molecule has 0 bridgehead atoms. The van der Waals surface area contributed by atoms with Crippen molar-refractivity contribution in [1.29, 1.82) is 0 Å². The van der Waals surface area contributed by atoms with Crippen molar-refractivity contribution < 1.29 is 9.72 Å². The summed E-state index contributed by atoms with van der Waals surface area (Å²) >= 11 is 6.82. The molecule has 164 valence electrons. The molecule has 0 spiro atoms. The van der Waals surface area contributed by atoms with Crippen LogP contribution in [-0.4, -0.2) is 21.2 Å². The SMILES string of the molecule is CCC(Sc1cccc(NC(=S)Nc2ccccc2)c1)C(=O)Nc1ccc([N+](=O)[O-])cc1. The van der Waals surface area contributed by atoms with Gasteiger partial charge >= 0.3 is 0 Å². The molecule has 1 atom stereocenters. The summed E-state index contributed by atoms with van der Waals surface area (Å²) in [6.07, 6.45) is 0.620. The highest BCUT2D eigenvalue weighted by molar-refractivity contribution is 8.00. The first-order chi connectivity index (χ1) is 15.4. The highest BCUT2D eigenvalue weighted by Crippen LogP contribution is 2.29. The number of amides is 1. The van der Waals surface area contributed by atoms with E-state index in [1.165, 1.54) is 36.0 Å². The van der Waals surface area contributed by atoms with E-state index < -0.39 is 4.92 Å². The van der Waals surface area contributed by atoms with Crippen molar-refractivity contribution in [2.45, 2.75) is 23.5 Å². The Kier molecular flexibility index (Phi) is 8.18. The van der Waals surface area contributed by atoms with Crippen molar-refractivity contribution in [3.63, 3.8) is 0 Å². The van der Waals surface area contributed by atoms with Crippen LogP contribution < -0.4 is 16.0 Å². The molecule has 3 aromatic carbocycles. The van der Waals surface area contributed by atoms with E-state index in [2.05, 4.69) is 16.0 Å². The van der Waals surface area contributed by atoms with E-state index in [-0.39, 0.29) is 16.8 Å². The molecule has 0 saturated carbocycles. The quantitative estimate of drug-likeness (QED) is 0.164. The van der Waals surface area contributed by atoms with E-state index in [4.69, 9.17) is 12.2 Å². The Balaban J connectivity index is 1.60. The number of nitrogens with one attached hydrogen (secondary N) is 3. The van der Waals surface area contributed by atoms with Gasteiger partial charge in [-0.25, -0.2) is 0 Å². The van der Waals surface area contributed by atoms with E-state index in [1.807, 2.05) is 61.5 Å². The fourth-order valence-corrected chi connectivity index (χ4v) is 4.09. The number of rotatable bonds is 8. The molecule has 3 aromatic rings. The minimum Gasteiger partial charge on any atom is -0.332 e. The average molecular weight is 467 g/mol. The van der Waals surface area contributed by atoms with Gasteiger partial charge in [0.05, 0.1) is 10.2 Å². The Morgan fingerprint density at radius 2 is 1.56 bits per heavy atom. The van der Waals surface area contributed by atoms with Gasteiger partial charge in [0.2, 0.25) is 5.91 Å². The van der Waals surface area contributed by atoms with Gasteiger partial charge in [-0.05, 0) is 61.1 Å². The fraction of sp³-hybridized carbons (Fsp3) is 0.130. The molecule has 3 rings (SSSR count). The first-order valence-corrected chi connectivity index (χ1v) is 11.2. The molecule has 0 aliphatic carbocycles. The molecule has 7 nitrogen and oxygen atoms in total. The maximum Gasteiger partial charge on any atom is 0.269 e. The summed E-state index contributed by atoms with van der Waals surface area (Å²) in [6.45, 7) is 1.94. The molecule has 0 radical (unpaired) electrons. The summed E-state index contributed by atoms with van der Waals surface area (Å²) in [5.41, 5.74) is 2.21. The van der Waals surface area contributed by atoms with Crippen LogP contribution in [0.5, 0.6) is 0 Å². The molecule has 0 heterocycles. The first kappa shape index (κ1) is 23.2. The maximum atomic E-state index is 12.7. The molecule has 1 unspecified atom stereocenters. The van der Waals surface area contributed by atoms with E-state index in [0.29, 0.717) is 17.2 Å². The number of hydrogen-bond acceptors (Lipinski definition) is 5. The molecular formula is C23H22N4O3S2. The zero-order chi connectivity index (χ0) is 22.9. The second-order valence-corrected chi connectivity index (χ2v) is 8.47. The van der Waals surface area contributed by atoms with Crippen molar-refractivity contribution in [3.05, 3.63) is 89.0 Å². The van der Waals surface area contributed by atoms with Crippen LogP contribution in [0, 0.1) is 10.1 Å². The molecule has 9 heteroatoms. The van der Waals surface area contributed by atoms with Gasteiger partial charge in [0.25, 0.3) is 5.69 Å².